The van der Waals surface area contributed by atoms with Crippen LogP contribution in [0.25, 0.3) is 5.65 Å². The maximum absolute atomic E-state index is 11.1. The third-order valence-electron chi connectivity index (χ3n) is 3.15. The summed E-state index contributed by atoms with van der Waals surface area (Å²) in [5.74, 6) is -0.932. The van der Waals surface area contributed by atoms with Gasteiger partial charge in [0.25, 0.3) is 0 Å². The van der Waals surface area contributed by atoms with Gasteiger partial charge in [-0.25, -0.2) is 9.78 Å². The predicted octanol–water partition coefficient (Wildman–Crippen LogP) is 1.46. The molecule has 1 fully saturated rings. The van der Waals surface area contributed by atoms with Crippen LogP contribution < -0.4 is 5.32 Å². The fourth-order valence-electron chi connectivity index (χ4n) is 2.31. The molecule has 2 aromatic heterocycles. The highest BCUT2D eigenvalue weighted by molar-refractivity contribution is 5.86. The second-order valence-electron chi connectivity index (χ2n) is 4.26. The van der Waals surface area contributed by atoms with Crippen molar-refractivity contribution in [3.8, 4) is 0 Å². The molecule has 3 heterocycles. The summed E-state index contributed by atoms with van der Waals surface area (Å²) < 4.78 is 1.64. The normalized spacial score (nSPS) is 19.9. The average Bonchev–Trinajstić information content (AvgIpc) is 2.96. The highest BCUT2D eigenvalue weighted by Gasteiger charge is 2.20. The summed E-state index contributed by atoms with van der Waals surface area (Å²) in [5, 5.41) is 12.5. The van der Waals surface area contributed by atoms with E-state index in [9.17, 15) is 4.79 Å². The van der Waals surface area contributed by atoms with Crippen LogP contribution in [-0.4, -0.2) is 27.0 Å². The topological polar surface area (TPSA) is 66.6 Å². The summed E-state index contributed by atoms with van der Waals surface area (Å²) in [5.41, 5.74) is 1.86. The number of hydrogen-bond donors (Lipinski definition) is 2. The lowest BCUT2D eigenvalue weighted by Crippen LogP contribution is -2.13. The molecule has 1 aliphatic heterocycles. The van der Waals surface area contributed by atoms with Crippen molar-refractivity contribution in [2.45, 2.75) is 18.9 Å². The van der Waals surface area contributed by atoms with Crippen molar-refractivity contribution in [3.63, 3.8) is 0 Å². The Balaban J connectivity index is 2.11. The number of carboxylic acid groups (broad SMARTS) is 1. The number of imidazole rings is 1. The number of hydrogen-bond acceptors (Lipinski definition) is 3. The molecule has 1 atom stereocenters. The molecule has 5 nitrogen and oxygen atoms in total. The van der Waals surface area contributed by atoms with Crippen molar-refractivity contribution in [2.75, 3.05) is 6.54 Å². The van der Waals surface area contributed by atoms with E-state index in [1.165, 1.54) is 0 Å². The zero-order valence-electron chi connectivity index (χ0n) is 9.26. The smallest absolute Gasteiger partial charge is 0.352 e. The zero-order chi connectivity index (χ0) is 11.8. The summed E-state index contributed by atoms with van der Waals surface area (Å²) in [7, 11) is 0. The molecule has 0 spiro atoms. The van der Waals surface area contributed by atoms with E-state index in [4.69, 9.17) is 5.11 Å². The quantitative estimate of drug-likeness (QED) is 0.821. The molecule has 1 saturated heterocycles. The predicted molar refractivity (Wildman–Crippen MR) is 62.1 cm³/mol. The third kappa shape index (κ3) is 1.68. The van der Waals surface area contributed by atoms with E-state index in [0.29, 0.717) is 5.65 Å². The van der Waals surface area contributed by atoms with Crippen molar-refractivity contribution in [1.82, 2.24) is 14.7 Å². The number of aromatic nitrogens is 2. The van der Waals surface area contributed by atoms with Gasteiger partial charge in [0.2, 0.25) is 0 Å². The van der Waals surface area contributed by atoms with Gasteiger partial charge in [-0.1, -0.05) is 6.07 Å². The standard InChI is InChI=1S/C12H13N3O2/c16-12(17)10-4-1-5-11-14-9(7-15(10)11)8-3-2-6-13-8/h1,4-5,7-8,13H,2-3,6H2,(H,16,17). The Kier molecular flexibility index (Phi) is 2.33. The molecule has 0 radical (unpaired) electrons. The number of carbonyl (C=O) groups is 1. The van der Waals surface area contributed by atoms with E-state index >= 15 is 0 Å². The first-order chi connectivity index (χ1) is 8.25. The van der Waals surface area contributed by atoms with Gasteiger partial charge in [-0.15, -0.1) is 0 Å². The summed E-state index contributed by atoms with van der Waals surface area (Å²) >= 11 is 0. The van der Waals surface area contributed by atoms with Crippen LogP contribution >= 0.6 is 0 Å². The van der Waals surface area contributed by atoms with Gasteiger partial charge in [-0.3, -0.25) is 4.40 Å². The summed E-state index contributed by atoms with van der Waals surface area (Å²) in [6.45, 7) is 1.00. The number of carboxylic acids is 1. The highest BCUT2D eigenvalue weighted by atomic mass is 16.4. The number of fused-ring (bicyclic) bond motifs is 1. The number of nitrogens with one attached hydrogen (secondary N) is 1. The maximum atomic E-state index is 11.1. The van der Waals surface area contributed by atoms with Crippen molar-refractivity contribution in [1.29, 1.82) is 0 Å². The molecule has 0 aliphatic carbocycles. The minimum absolute atomic E-state index is 0.249. The zero-order valence-corrected chi connectivity index (χ0v) is 9.26. The lowest BCUT2D eigenvalue weighted by atomic mass is 10.2. The minimum atomic E-state index is -0.932. The van der Waals surface area contributed by atoms with E-state index in [2.05, 4.69) is 10.3 Å². The Hall–Kier alpha value is -1.88. The van der Waals surface area contributed by atoms with Crippen molar-refractivity contribution in [3.05, 3.63) is 35.8 Å². The first kappa shape index (κ1) is 10.3. The molecule has 2 aromatic rings. The van der Waals surface area contributed by atoms with Crippen LogP contribution in [0.1, 0.15) is 35.1 Å². The highest BCUT2D eigenvalue weighted by Crippen LogP contribution is 2.23. The number of rotatable bonds is 2. The molecular formula is C12H13N3O2. The Morgan fingerprint density at radius 2 is 2.41 bits per heavy atom. The number of aromatic carboxylic acids is 1. The lowest BCUT2D eigenvalue weighted by molar-refractivity contribution is 0.0689. The van der Waals surface area contributed by atoms with Gasteiger partial charge in [0.1, 0.15) is 11.3 Å². The largest absolute Gasteiger partial charge is 0.477 e. The fourth-order valence-corrected chi connectivity index (χ4v) is 2.31. The molecule has 0 amide bonds. The van der Waals surface area contributed by atoms with Crippen LogP contribution in [0.5, 0.6) is 0 Å². The molecule has 88 valence electrons. The molecule has 0 saturated carbocycles. The minimum Gasteiger partial charge on any atom is -0.477 e. The Morgan fingerprint density at radius 3 is 3.12 bits per heavy atom. The van der Waals surface area contributed by atoms with Crippen LogP contribution in [0, 0.1) is 0 Å². The molecule has 17 heavy (non-hydrogen) atoms. The monoisotopic (exact) mass is 231 g/mol. The van der Waals surface area contributed by atoms with Crippen molar-refractivity contribution < 1.29 is 9.90 Å². The molecule has 0 bridgehead atoms. The lowest BCUT2D eigenvalue weighted by Gasteiger charge is -2.04. The number of nitrogens with zero attached hydrogens (tertiary/aromatic N) is 2. The molecule has 5 heteroatoms. The van der Waals surface area contributed by atoms with Crippen molar-refractivity contribution in [2.24, 2.45) is 0 Å². The summed E-state index contributed by atoms with van der Waals surface area (Å²) in [4.78, 5) is 15.6. The third-order valence-corrected chi connectivity index (χ3v) is 3.15. The number of pyridine rings is 1. The molecule has 0 aromatic carbocycles. The van der Waals surface area contributed by atoms with Crippen LogP contribution in [0.4, 0.5) is 0 Å². The Morgan fingerprint density at radius 1 is 1.53 bits per heavy atom. The van der Waals surface area contributed by atoms with Crippen molar-refractivity contribution >= 4 is 11.6 Å². The van der Waals surface area contributed by atoms with Gasteiger partial charge in [0.15, 0.2) is 0 Å². The van der Waals surface area contributed by atoms with Gasteiger partial charge in [0, 0.05) is 6.20 Å². The molecular weight excluding hydrogens is 218 g/mol. The van der Waals surface area contributed by atoms with Gasteiger partial charge in [-0.05, 0) is 31.5 Å². The van der Waals surface area contributed by atoms with Crippen LogP contribution in [0.3, 0.4) is 0 Å². The first-order valence-corrected chi connectivity index (χ1v) is 5.70. The van der Waals surface area contributed by atoms with Gasteiger partial charge in [0.05, 0.1) is 11.7 Å². The first-order valence-electron chi connectivity index (χ1n) is 5.70. The van der Waals surface area contributed by atoms with Crippen LogP contribution in [0.15, 0.2) is 24.4 Å². The summed E-state index contributed by atoms with van der Waals surface area (Å²) in [6, 6.07) is 5.39. The second-order valence-corrected chi connectivity index (χ2v) is 4.26. The fraction of sp³-hybridized carbons (Fsp3) is 0.333. The molecule has 1 unspecified atom stereocenters. The van der Waals surface area contributed by atoms with Crippen LogP contribution in [-0.2, 0) is 0 Å². The molecule has 3 rings (SSSR count). The SMILES string of the molecule is O=C(O)c1cccc2nc(C3CCCN3)cn12. The van der Waals surface area contributed by atoms with Crippen LogP contribution in [0.2, 0.25) is 0 Å². The van der Waals surface area contributed by atoms with E-state index in [1.807, 2.05) is 12.3 Å². The van der Waals surface area contributed by atoms with E-state index in [0.717, 1.165) is 25.1 Å². The van der Waals surface area contributed by atoms with Gasteiger partial charge < -0.3 is 10.4 Å². The Labute approximate surface area is 98.1 Å². The van der Waals surface area contributed by atoms with E-state index in [-0.39, 0.29) is 11.7 Å². The van der Waals surface area contributed by atoms with E-state index in [1.54, 1.807) is 16.5 Å². The molecule has 1 aliphatic rings. The molecule has 2 N–H and O–H groups in total. The van der Waals surface area contributed by atoms with Gasteiger partial charge >= 0.3 is 5.97 Å². The van der Waals surface area contributed by atoms with Gasteiger partial charge in [-0.2, -0.15) is 0 Å². The maximum Gasteiger partial charge on any atom is 0.352 e. The Bertz CT molecular complexity index is 570. The summed E-state index contributed by atoms with van der Waals surface area (Å²) in [6.07, 6.45) is 4.03. The van der Waals surface area contributed by atoms with E-state index < -0.39 is 5.97 Å². The average molecular weight is 231 g/mol. The second kappa shape index (κ2) is 3.85.